The Bertz CT molecular complexity index is 572. The summed E-state index contributed by atoms with van der Waals surface area (Å²) in [6.07, 6.45) is -4.46. The number of halogens is 5. The molecule has 0 aromatic heterocycles. The summed E-state index contributed by atoms with van der Waals surface area (Å²) in [6.45, 7) is 6.38. The maximum atomic E-state index is 13.4. The second-order valence-corrected chi connectivity index (χ2v) is 7.34. The molecule has 0 bridgehead atoms. The number of rotatable bonds is 6. The summed E-state index contributed by atoms with van der Waals surface area (Å²) in [5.74, 6) is -0.143. The predicted octanol–water partition coefficient (Wildman–Crippen LogP) is 4.15. The van der Waals surface area contributed by atoms with E-state index in [1.165, 1.54) is 12.1 Å². The minimum absolute atomic E-state index is 0.000576. The fourth-order valence-electron chi connectivity index (χ4n) is 2.82. The number of benzene rings is 1. The van der Waals surface area contributed by atoms with Crippen LogP contribution in [0.2, 0.25) is 0 Å². The lowest BCUT2D eigenvalue weighted by atomic mass is 9.95. The van der Waals surface area contributed by atoms with Gasteiger partial charge < -0.3 is 9.64 Å². The van der Waals surface area contributed by atoms with E-state index in [9.17, 15) is 17.6 Å². The van der Waals surface area contributed by atoms with Crippen molar-refractivity contribution in [3.8, 4) is 5.75 Å². The van der Waals surface area contributed by atoms with Crippen LogP contribution in [0.25, 0.3) is 0 Å². The predicted molar refractivity (Wildman–Crippen MR) is 91.1 cm³/mol. The van der Waals surface area contributed by atoms with Crippen molar-refractivity contribution in [1.29, 1.82) is 0 Å². The fourth-order valence-corrected chi connectivity index (χ4v) is 2.90. The van der Waals surface area contributed by atoms with E-state index < -0.39 is 18.6 Å². The van der Waals surface area contributed by atoms with Crippen molar-refractivity contribution in [3.63, 3.8) is 0 Å². The van der Waals surface area contributed by atoms with Crippen LogP contribution in [0.5, 0.6) is 5.75 Å². The molecule has 0 spiro atoms. The molecule has 1 aromatic rings. The molecule has 1 aliphatic rings. The van der Waals surface area contributed by atoms with Gasteiger partial charge in [-0.1, -0.05) is 13.8 Å². The minimum Gasteiger partial charge on any atom is -0.482 e. The first-order valence-corrected chi connectivity index (χ1v) is 8.65. The molecule has 0 unspecified atom stereocenters. The molecular weight excluding hydrogens is 360 g/mol. The van der Waals surface area contributed by atoms with Crippen molar-refractivity contribution in [2.45, 2.75) is 20.0 Å². The lowest BCUT2D eigenvalue weighted by molar-refractivity contribution is -0.153. The van der Waals surface area contributed by atoms with Gasteiger partial charge in [-0.3, -0.25) is 4.90 Å². The Kier molecular flexibility index (Phi) is 6.43. The number of piperazine rings is 1. The SMILES string of the molecule is CC(C)(CCl)CN1CCN(c2ccc(F)cc2OCC(F)(F)F)CC1. The van der Waals surface area contributed by atoms with Gasteiger partial charge >= 0.3 is 6.18 Å². The Labute approximate surface area is 150 Å². The van der Waals surface area contributed by atoms with Crippen molar-refractivity contribution in [1.82, 2.24) is 4.90 Å². The Morgan fingerprint density at radius 3 is 2.32 bits per heavy atom. The first kappa shape index (κ1) is 20.1. The number of hydrogen-bond acceptors (Lipinski definition) is 3. The van der Waals surface area contributed by atoms with E-state index in [2.05, 4.69) is 18.7 Å². The number of hydrogen-bond donors (Lipinski definition) is 0. The number of anilines is 1. The molecule has 1 aromatic carbocycles. The van der Waals surface area contributed by atoms with Gasteiger partial charge in [0.25, 0.3) is 0 Å². The smallest absolute Gasteiger partial charge is 0.422 e. The average Bonchev–Trinajstić information content (AvgIpc) is 2.53. The van der Waals surface area contributed by atoms with E-state index in [1.807, 2.05) is 4.90 Å². The summed E-state index contributed by atoms with van der Waals surface area (Å²) in [5, 5.41) is 0. The van der Waals surface area contributed by atoms with Crippen LogP contribution in [0.1, 0.15) is 13.8 Å². The molecule has 0 amide bonds. The van der Waals surface area contributed by atoms with Gasteiger partial charge in [0.15, 0.2) is 6.61 Å². The highest BCUT2D eigenvalue weighted by atomic mass is 35.5. The van der Waals surface area contributed by atoms with Crippen molar-refractivity contribution in [2.75, 3.05) is 50.1 Å². The minimum atomic E-state index is -4.46. The monoisotopic (exact) mass is 382 g/mol. The Morgan fingerprint density at radius 2 is 1.76 bits per heavy atom. The molecule has 0 N–H and O–H groups in total. The van der Waals surface area contributed by atoms with Crippen molar-refractivity contribution in [2.24, 2.45) is 5.41 Å². The summed E-state index contributed by atoms with van der Waals surface area (Å²) >= 11 is 5.96. The van der Waals surface area contributed by atoms with Gasteiger partial charge in [0, 0.05) is 44.7 Å². The molecule has 0 saturated carbocycles. The van der Waals surface area contributed by atoms with Crippen LogP contribution in [-0.2, 0) is 0 Å². The molecule has 0 aliphatic carbocycles. The molecular formula is C17H23ClF4N2O. The van der Waals surface area contributed by atoms with Crippen LogP contribution in [0.4, 0.5) is 23.2 Å². The third-order valence-corrected chi connectivity index (χ3v) is 4.76. The van der Waals surface area contributed by atoms with Crippen LogP contribution < -0.4 is 9.64 Å². The van der Waals surface area contributed by atoms with E-state index in [0.29, 0.717) is 24.7 Å². The Balaban J connectivity index is 2.03. The van der Waals surface area contributed by atoms with Gasteiger partial charge in [-0.2, -0.15) is 13.2 Å². The molecule has 1 saturated heterocycles. The molecule has 3 nitrogen and oxygen atoms in total. The van der Waals surface area contributed by atoms with E-state index in [1.54, 1.807) is 0 Å². The van der Waals surface area contributed by atoms with E-state index in [4.69, 9.17) is 16.3 Å². The zero-order valence-electron chi connectivity index (χ0n) is 14.4. The van der Waals surface area contributed by atoms with Crippen LogP contribution in [0.15, 0.2) is 18.2 Å². The molecule has 142 valence electrons. The summed E-state index contributed by atoms with van der Waals surface area (Å²) in [5.41, 5.74) is 0.488. The average molecular weight is 383 g/mol. The highest BCUT2D eigenvalue weighted by Gasteiger charge is 2.30. The van der Waals surface area contributed by atoms with E-state index >= 15 is 0 Å². The van der Waals surface area contributed by atoms with Crippen LogP contribution in [0.3, 0.4) is 0 Å². The zero-order valence-corrected chi connectivity index (χ0v) is 15.1. The molecule has 1 aliphatic heterocycles. The second kappa shape index (κ2) is 7.99. The summed E-state index contributed by atoms with van der Waals surface area (Å²) in [6, 6.07) is 3.71. The van der Waals surface area contributed by atoms with E-state index in [0.717, 1.165) is 25.7 Å². The third kappa shape index (κ3) is 6.22. The molecule has 1 heterocycles. The first-order valence-electron chi connectivity index (χ1n) is 8.12. The van der Waals surface area contributed by atoms with Crippen molar-refractivity contribution >= 4 is 17.3 Å². The van der Waals surface area contributed by atoms with Gasteiger partial charge in [-0.25, -0.2) is 4.39 Å². The quantitative estimate of drug-likeness (QED) is 0.543. The molecule has 0 atom stereocenters. The second-order valence-electron chi connectivity index (χ2n) is 7.08. The normalized spacial score (nSPS) is 17.0. The summed E-state index contributed by atoms with van der Waals surface area (Å²) in [7, 11) is 0. The van der Waals surface area contributed by atoms with Crippen LogP contribution in [0, 0.1) is 11.2 Å². The largest absolute Gasteiger partial charge is 0.482 e. The van der Waals surface area contributed by atoms with E-state index in [-0.39, 0.29) is 11.2 Å². The van der Waals surface area contributed by atoms with Gasteiger partial charge in [0.1, 0.15) is 11.6 Å². The molecule has 2 rings (SSSR count). The third-order valence-electron chi connectivity index (χ3n) is 4.04. The van der Waals surface area contributed by atoms with Gasteiger partial charge in [-0.05, 0) is 17.5 Å². The molecule has 1 fully saturated rings. The van der Waals surface area contributed by atoms with Gasteiger partial charge in [0.05, 0.1) is 5.69 Å². The van der Waals surface area contributed by atoms with Gasteiger partial charge in [-0.15, -0.1) is 11.6 Å². The highest BCUT2D eigenvalue weighted by molar-refractivity contribution is 6.18. The zero-order chi connectivity index (χ0) is 18.7. The summed E-state index contributed by atoms with van der Waals surface area (Å²) < 4.78 is 55.5. The standard InChI is InChI=1S/C17H23ClF4N2O/c1-16(2,10-18)11-23-5-7-24(8-6-23)14-4-3-13(19)9-15(14)25-12-17(20,21)22/h3-4,9H,5-8,10-12H2,1-2H3. The van der Waals surface area contributed by atoms with Crippen molar-refractivity contribution < 1.29 is 22.3 Å². The first-order chi connectivity index (χ1) is 11.6. The maximum absolute atomic E-state index is 13.4. The van der Waals surface area contributed by atoms with Gasteiger partial charge in [0.2, 0.25) is 0 Å². The lowest BCUT2D eigenvalue weighted by Crippen LogP contribution is -2.49. The lowest BCUT2D eigenvalue weighted by Gasteiger charge is -2.39. The maximum Gasteiger partial charge on any atom is 0.422 e. The Hall–Kier alpha value is -1.21. The summed E-state index contributed by atoms with van der Waals surface area (Å²) in [4.78, 5) is 4.20. The highest BCUT2D eigenvalue weighted by Crippen LogP contribution is 2.32. The number of ether oxygens (including phenoxy) is 1. The molecule has 25 heavy (non-hydrogen) atoms. The molecule has 0 radical (unpaired) electrons. The topological polar surface area (TPSA) is 15.7 Å². The fraction of sp³-hybridized carbons (Fsp3) is 0.647. The Morgan fingerprint density at radius 1 is 1.12 bits per heavy atom. The van der Waals surface area contributed by atoms with Crippen LogP contribution in [-0.4, -0.2) is 56.3 Å². The van der Waals surface area contributed by atoms with Crippen molar-refractivity contribution in [3.05, 3.63) is 24.0 Å². The van der Waals surface area contributed by atoms with Crippen LogP contribution >= 0.6 is 11.6 Å². The number of alkyl halides is 4. The molecule has 8 heteroatoms. The number of nitrogens with zero attached hydrogens (tertiary/aromatic N) is 2.